The topological polar surface area (TPSA) is 67.5 Å². The first kappa shape index (κ1) is 15.4. The van der Waals surface area contributed by atoms with E-state index in [4.69, 9.17) is 28.9 Å². The Morgan fingerprint density at radius 1 is 1.14 bits per heavy atom. The molecule has 3 N–H and O–H groups in total. The Kier molecular flexibility index (Phi) is 4.83. The molecule has 21 heavy (non-hydrogen) atoms. The van der Waals surface area contributed by atoms with E-state index in [1.54, 1.807) is 49.4 Å². The van der Waals surface area contributed by atoms with E-state index in [0.717, 1.165) is 0 Å². The van der Waals surface area contributed by atoms with Gasteiger partial charge in [0.2, 0.25) is 0 Å². The minimum atomic E-state index is -0.326. The van der Waals surface area contributed by atoms with Crippen LogP contribution in [0.25, 0.3) is 0 Å². The zero-order chi connectivity index (χ0) is 15.4. The summed E-state index contributed by atoms with van der Waals surface area (Å²) in [5, 5.41) is 5.10. The van der Waals surface area contributed by atoms with Crippen molar-refractivity contribution in [2.24, 2.45) is 5.10 Å². The van der Waals surface area contributed by atoms with Gasteiger partial charge in [0.1, 0.15) is 0 Å². The molecule has 0 bridgehead atoms. The summed E-state index contributed by atoms with van der Waals surface area (Å²) in [7, 11) is 0. The Bertz CT molecular complexity index is 697. The molecule has 0 radical (unpaired) electrons. The van der Waals surface area contributed by atoms with Crippen molar-refractivity contribution < 1.29 is 4.79 Å². The van der Waals surface area contributed by atoms with E-state index < -0.39 is 0 Å². The number of carbonyl (C=O) groups is 1. The fraction of sp³-hybridized carbons (Fsp3) is 0.0667. The number of hydrogen-bond donors (Lipinski definition) is 2. The highest BCUT2D eigenvalue weighted by Gasteiger charge is 2.07. The molecule has 0 aliphatic carbocycles. The second-order valence-electron chi connectivity index (χ2n) is 4.38. The number of carbonyl (C=O) groups excluding carboxylic acids is 1. The molecule has 0 heterocycles. The number of hydrogen-bond acceptors (Lipinski definition) is 3. The highest BCUT2D eigenvalue weighted by Crippen LogP contribution is 2.21. The van der Waals surface area contributed by atoms with Crippen molar-refractivity contribution in [2.75, 3.05) is 5.73 Å². The second-order valence-corrected chi connectivity index (χ2v) is 5.23. The minimum Gasteiger partial charge on any atom is -0.399 e. The summed E-state index contributed by atoms with van der Waals surface area (Å²) in [6.45, 7) is 1.74. The van der Waals surface area contributed by atoms with Crippen molar-refractivity contribution in [1.29, 1.82) is 0 Å². The second kappa shape index (κ2) is 6.61. The maximum Gasteiger partial charge on any atom is 0.271 e. The van der Waals surface area contributed by atoms with Gasteiger partial charge in [0.05, 0.1) is 5.71 Å². The Hall–Kier alpha value is -2.04. The average molecular weight is 322 g/mol. The Morgan fingerprint density at radius 2 is 1.81 bits per heavy atom. The third kappa shape index (κ3) is 3.97. The summed E-state index contributed by atoms with van der Waals surface area (Å²) in [4.78, 5) is 11.9. The molecule has 0 spiro atoms. The van der Waals surface area contributed by atoms with Crippen molar-refractivity contribution in [3.8, 4) is 0 Å². The summed E-state index contributed by atoms with van der Waals surface area (Å²) >= 11 is 12.0. The van der Waals surface area contributed by atoms with Crippen LogP contribution in [0, 0.1) is 0 Å². The van der Waals surface area contributed by atoms with Crippen LogP contribution in [-0.4, -0.2) is 11.6 Å². The first-order valence-corrected chi connectivity index (χ1v) is 6.88. The molecule has 1 amide bonds. The summed E-state index contributed by atoms with van der Waals surface area (Å²) in [5.74, 6) is -0.326. The van der Waals surface area contributed by atoms with Crippen LogP contribution in [0.1, 0.15) is 22.8 Å². The molecule has 0 aliphatic rings. The molecule has 0 unspecified atom stereocenters. The zero-order valence-electron chi connectivity index (χ0n) is 11.2. The number of nitrogens with one attached hydrogen (secondary N) is 1. The molecule has 4 nitrogen and oxygen atoms in total. The van der Waals surface area contributed by atoms with E-state index in [-0.39, 0.29) is 5.91 Å². The Morgan fingerprint density at radius 3 is 2.48 bits per heavy atom. The van der Waals surface area contributed by atoms with E-state index in [9.17, 15) is 4.79 Å². The lowest BCUT2D eigenvalue weighted by molar-refractivity contribution is 0.0955. The van der Waals surface area contributed by atoms with Gasteiger partial charge in [0.15, 0.2) is 0 Å². The molecule has 2 aromatic carbocycles. The van der Waals surface area contributed by atoms with Crippen LogP contribution in [0.5, 0.6) is 0 Å². The van der Waals surface area contributed by atoms with Crippen molar-refractivity contribution in [3.63, 3.8) is 0 Å². The molecule has 2 aromatic rings. The first-order valence-electron chi connectivity index (χ1n) is 6.13. The van der Waals surface area contributed by atoms with Crippen LogP contribution >= 0.6 is 23.2 Å². The number of nitrogen functional groups attached to an aromatic ring is 1. The van der Waals surface area contributed by atoms with Gasteiger partial charge in [-0.3, -0.25) is 4.79 Å². The van der Waals surface area contributed by atoms with Crippen LogP contribution in [0.4, 0.5) is 5.69 Å². The molecule has 108 valence electrons. The number of nitrogens with two attached hydrogens (primary N) is 1. The molecule has 0 atom stereocenters. The normalized spacial score (nSPS) is 11.3. The lowest BCUT2D eigenvalue weighted by atomic mass is 10.1. The number of anilines is 1. The molecule has 2 rings (SSSR count). The molecule has 0 fully saturated rings. The van der Waals surface area contributed by atoms with Crippen LogP contribution < -0.4 is 11.2 Å². The number of rotatable bonds is 3. The molecular formula is C15H13Cl2N3O. The van der Waals surface area contributed by atoms with Crippen LogP contribution in [0.15, 0.2) is 47.6 Å². The van der Waals surface area contributed by atoms with Gasteiger partial charge in [-0.05, 0) is 49.4 Å². The third-order valence-corrected chi connectivity index (χ3v) is 3.38. The third-order valence-electron chi connectivity index (χ3n) is 2.82. The van der Waals surface area contributed by atoms with Gasteiger partial charge in [-0.25, -0.2) is 5.43 Å². The monoisotopic (exact) mass is 321 g/mol. The smallest absolute Gasteiger partial charge is 0.271 e. The highest BCUT2D eigenvalue weighted by atomic mass is 35.5. The van der Waals surface area contributed by atoms with E-state index in [1.807, 2.05) is 0 Å². The molecule has 0 saturated heterocycles. The van der Waals surface area contributed by atoms with Gasteiger partial charge in [0.25, 0.3) is 5.91 Å². The van der Waals surface area contributed by atoms with Crippen LogP contribution in [0.2, 0.25) is 10.0 Å². The van der Waals surface area contributed by atoms with E-state index >= 15 is 0 Å². The van der Waals surface area contributed by atoms with Crippen molar-refractivity contribution in [2.45, 2.75) is 6.92 Å². The van der Waals surface area contributed by atoms with Gasteiger partial charge in [-0.1, -0.05) is 23.2 Å². The number of amides is 1. The molecule has 0 aliphatic heterocycles. The minimum absolute atomic E-state index is 0.326. The molecular weight excluding hydrogens is 309 g/mol. The standard InChI is InChI=1S/C15H13Cl2N3O/c1-9(13-8-11(16)4-7-14(13)17)19-20-15(21)10-2-5-12(18)6-3-10/h2-8H,18H2,1H3,(H,20,21). The van der Waals surface area contributed by atoms with Crippen molar-refractivity contribution in [3.05, 3.63) is 63.6 Å². The van der Waals surface area contributed by atoms with Crippen molar-refractivity contribution in [1.82, 2.24) is 5.43 Å². The van der Waals surface area contributed by atoms with E-state index in [0.29, 0.717) is 32.6 Å². The maximum absolute atomic E-state index is 11.9. The van der Waals surface area contributed by atoms with Crippen LogP contribution in [0.3, 0.4) is 0 Å². The lowest BCUT2D eigenvalue weighted by Gasteiger charge is -2.05. The van der Waals surface area contributed by atoms with Crippen LogP contribution in [-0.2, 0) is 0 Å². The first-order chi connectivity index (χ1) is 9.97. The van der Waals surface area contributed by atoms with Gasteiger partial charge >= 0.3 is 0 Å². The number of benzene rings is 2. The van der Waals surface area contributed by atoms with Gasteiger partial charge in [0, 0.05) is 26.9 Å². The lowest BCUT2D eigenvalue weighted by Crippen LogP contribution is -2.19. The zero-order valence-corrected chi connectivity index (χ0v) is 12.7. The summed E-state index contributed by atoms with van der Waals surface area (Å²) in [6.07, 6.45) is 0. The maximum atomic E-state index is 11.9. The van der Waals surface area contributed by atoms with Gasteiger partial charge < -0.3 is 5.73 Å². The SMILES string of the molecule is CC(=NNC(=O)c1ccc(N)cc1)c1cc(Cl)ccc1Cl. The van der Waals surface area contributed by atoms with E-state index in [1.165, 1.54) is 0 Å². The highest BCUT2D eigenvalue weighted by molar-refractivity contribution is 6.36. The fourth-order valence-electron chi connectivity index (χ4n) is 1.67. The van der Waals surface area contributed by atoms with Crippen molar-refractivity contribution >= 4 is 40.5 Å². The summed E-state index contributed by atoms with van der Waals surface area (Å²) in [6, 6.07) is 11.6. The molecule has 6 heteroatoms. The Balaban J connectivity index is 2.14. The molecule has 0 aromatic heterocycles. The number of halogens is 2. The predicted octanol–water partition coefficient (Wildman–Crippen LogP) is 3.73. The van der Waals surface area contributed by atoms with Gasteiger partial charge in [-0.15, -0.1) is 0 Å². The average Bonchev–Trinajstić information content (AvgIpc) is 2.47. The summed E-state index contributed by atoms with van der Waals surface area (Å²) in [5.41, 5.74) is 10.3. The molecule has 0 saturated carbocycles. The fourth-order valence-corrected chi connectivity index (χ4v) is 2.10. The predicted molar refractivity (Wildman–Crippen MR) is 87.0 cm³/mol. The summed E-state index contributed by atoms with van der Waals surface area (Å²) < 4.78 is 0. The quantitative estimate of drug-likeness (QED) is 0.514. The number of hydrazone groups is 1. The van der Waals surface area contributed by atoms with E-state index in [2.05, 4.69) is 10.5 Å². The Labute approximate surface area is 132 Å². The van der Waals surface area contributed by atoms with Gasteiger partial charge in [-0.2, -0.15) is 5.10 Å². The number of nitrogens with zero attached hydrogens (tertiary/aromatic N) is 1. The largest absolute Gasteiger partial charge is 0.399 e.